The van der Waals surface area contributed by atoms with Gasteiger partial charge in [-0.25, -0.2) is 4.79 Å². The molecule has 1 aromatic carbocycles. The van der Waals surface area contributed by atoms with Crippen LogP contribution in [0.1, 0.15) is 39.0 Å². The van der Waals surface area contributed by atoms with E-state index in [1.165, 1.54) is 25.3 Å². The summed E-state index contributed by atoms with van der Waals surface area (Å²) in [6.45, 7) is 4.67. The number of carbonyl (C=O) groups is 2. The Morgan fingerprint density at radius 2 is 1.85 bits per heavy atom. The minimum Gasteiger partial charge on any atom is -0.496 e. The zero-order chi connectivity index (χ0) is 20.1. The maximum absolute atomic E-state index is 12.6. The molecule has 0 aliphatic rings. The number of hydrogen-bond acceptors (Lipinski definition) is 7. The van der Waals surface area contributed by atoms with Gasteiger partial charge in [-0.05, 0) is 32.9 Å². The Labute approximate surface area is 155 Å². The molecule has 0 saturated heterocycles. The first-order valence-electron chi connectivity index (χ1n) is 8.14. The van der Waals surface area contributed by atoms with Crippen LogP contribution in [-0.4, -0.2) is 42.0 Å². The third-order valence-electron chi connectivity index (χ3n) is 3.85. The number of benzene rings is 1. The zero-order valence-corrected chi connectivity index (χ0v) is 15.5. The second-order valence-corrected chi connectivity index (χ2v) is 5.65. The van der Waals surface area contributed by atoms with Crippen molar-refractivity contribution in [3.05, 3.63) is 50.8 Å². The quantitative estimate of drug-likeness (QED) is 0.325. The summed E-state index contributed by atoms with van der Waals surface area (Å²) in [6.07, 6.45) is 0. The number of nitrogens with zero attached hydrogens (tertiary/aromatic N) is 1. The number of nitrogens with one attached hydrogen (secondary N) is 1. The molecule has 1 aromatic heterocycles. The van der Waals surface area contributed by atoms with Crippen LogP contribution in [-0.2, 0) is 4.74 Å². The lowest BCUT2D eigenvalue weighted by molar-refractivity contribution is -0.385. The van der Waals surface area contributed by atoms with E-state index in [1.54, 1.807) is 20.8 Å². The number of aryl methyl sites for hydroxylation is 2. The van der Waals surface area contributed by atoms with Crippen molar-refractivity contribution < 1.29 is 28.7 Å². The Kier molecular flexibility index (Phi) is 6.17. The molecule has 1 N–H and O–H groups in total. The van der Waals surface area contributed by atoms with Gasteiger partial charge in [0.05, 0.1) is 35.8 Å². The second-order valence-electron chi connectivity index (χ2n) is 5.65. The SMILES string of the molecule is CCOC(=O)c1c(C)[nH]c(C)c1C(=O)COc1ccc(OC)cc1[N+](=O)[O-]. The summed E-state index contributed by atoms with van der Waals surface area (Å²) < 4.78 is 15.3. The summed E-state index contributed by atoms with van der Waals surface area (Å²) in [5.41, 5.74) is 0.974. The number of ketones is 1. The number of methoxy groups -OCH3 is 1. The van der Waals surface area contributed by atoms with Gasteiger partial charge in [-0.15, -0.1) is 0 Å². The van der Waals surface area contributed by atoms with E-state index in [1.807, 2.05) is 0 Å². The molecular weight excluding hydrogens is 356 g/mol. The smallest absolute Gasteiger partial charge is 0.340 e. The Morgan fingerprint density at radius 3 is 2.44 bits per heavy atom. The van der Waals surface area contributed by atoms with E-state index in [-0.39, 0.29) is 29.2 Å². The molecule has 0 fully saturated rings. The molecule has 0 radical (unpaired) electrons. The summed E-state index contributed by atoms with van der Waals surface area (Å²) in [7, 11) is 1.39. The highest BCUT2D eigenvalue weighted by molar-refractivity contribution is 6.08. The van der Waals surface area contributed by atoms with Crippen molar-refractivity contribution in [3.8, 4) is 11.5 Å². The van der Waals surface area contributed by atoms with E-state index in [0.717, 1.165) is 0 Å². The van der Waals surface area contributed by atoms with Crippen molar-refractivity contribution in [2.24, 2.45) is 0 Å². The van der Waals surface area contributed by atoms with E-state index in [2.05, 4.69) is 4.98 Å². The van der Waals surface area contributed by atoms with Crippen molar-refractivity contribution in [2.75, 3.05) is 20.3 Å². The Balaban J connectivity index is 2.27. The molecule has 0 saturated carbocycles. The number of carbonyl (C=O) groups excluding carboxylic acids is 2. The van der Waals surface area contributed by atoms with Gasteiger partial charge in [0, 0.05) is 11.4 Å². The van der Waals surface area contributed by atoms with Gasteiger partial charge in [0.2, 0.25) is 5.78 Å². The molecule has 0 amide bonds. The summed E-state index contributed by atoms with van der Waals surface area (Å²) in [4.78, 5) is 38.3. The molecule has 0 bridgehead atoms. The normalized spacial score (nSPS) is 10.4. The Bertz CT molecular complexity index is 886. The van der Waals surface area contributed by atoms with Crippen LogP contribution >= 0.6 is 0 Å². The fourth-order valence-corrected chi connectivity index (χ4v) is 2.69. The lowest BCUT2D eigenvalue weighted by atomic mass is 10.1. The molecule has 9 nitrogen and oxygen atoms in total. The molecule has 0 atom stereocenters. The third kappa shape index (κ3) is 4.25. The van der Waals surface area contributed by atoms with E-state index >= 15 is 0 Å². The first kappa shape index (κ1) is 20.0. The van der Waals surface area contributed by atoms with Crippen LogP contribution in [0.2, 0.25) is 0 Å². The van der Waals surface area contributed by atoms with E-state index in [4.69, 9.17) is 14.2 Å². The number of nitro groups is 1. The molecular formula is C18H20N2O7. The zero-order valence-electron chi connectivity index (χ0n) is 15.5. The number of aromatic nitrogens is 1. The number of rotatable bonds is 8. The lowest BCUT2D eigenvalue weighted by Gasteiger charge is -2.09. The van der Waals surface area contributed by atoms with Crippen LogP contribution in [0, 0.1) is 24.0 Å². The molecule has 0 spiro atoms. The third-order valence-corrected chi connectivity index (χ3v) is 3.85. The summed E-state index contributed by atoms with van der Waals surface area (Å²) in [5, 5.41) is 11.2. The fraction of sp³-hybridized carbons (Fsp3) is 0.333. The first-order chi connectivity index (χ1) is 12.8. The van der Waals surface area contributed by atoms with Gasteiger partial charge in [-0.2, -0.15) is 0 Å². The van der Waals surface area contributed by atoms with Crippen molar-refractivity contribution in [1.82, 2.24) is 4.98 Å². The average Bonchev–Trinajstić information content (AvgIpc) is 2.93. The van der Waals surface area contributed by atoms with Crippen LogP contribution in [0.25, 0.3) is 0 Å². The Hall–Kier alpha value is -3.36. The largest absolute Gasteiger partial charge is 0.496 e. The summed E-state index contributed by atoms with van der Waals surface area (Å²) in [6, 6.07) is 4.05. The minimum absolute atomic E-state index is 0.0725. The van der Waals surface area contributed by atoms with Crippen molar-refractivity contribution in [3.63, 3.8) is 0 Å². The highest BCUT2D eigenvalue weighted by atomic mass is 16.6. The number of ether oxygens (including phenoxy) is 3. The van der Waals surface area contributed by atoms with Crippen molar-refractivity contribution in [1.29, 1.82) is 0 Å². The van der Waals surface area contributed by atoms with Gasteiger partial charge in [-0.1, -0.05) is 0 Å². The van der Waals surface area contributed by atoms with E-state index < -0.39 is 23.3 Å². The molecule has 1 heterocycles. The predicted octanol–water partition coefficient (Wildman–Crippen LogP) is 2.99. The molecule has 0 aliphatic heterocycles. The van der Waals surface area contributed by atoms with Crippen LogP contribution in [0.15, 0.2) is 18.2 Å². The van der Waals surface area contributed by atoms with Crippen LogP contribution in [0.4, 0.5) is 5.69 Å². The standard InChI is InChI=1S/C18H20N2O7/c1-5-26-18(22)17-11(3)19-10(2)16(17)14(21)9-27-15-7-6-12(25-4)8-13(15)20(23)24/h6-8,19H,5,9H2,1-4H3. The summed E-state index contributed by atoms with van der Waals surface area (Å²) in [5.74, 6) is -0.887. The summed E-state index contributed by atoms with van der Waals surface area (Å²) >= 11 is 0. The molecule has 27 heavy (non-hydrogen) atoms. The van der Waals surface area contributed by atoms with Gasteiger partial charge in [0.25, 0.3) is 0 Å². The van der Waals surface area contributed by atoms with Gasteiger partial charge in [0.1, 0.15) is 5.75 Å². The average molecular weight is 376 g/mol. The van der Waals surface area contributed by atoms with Gasteiger partial charge < -0.3 is 19.2 Å². The predicted molar refractivity (Wildman–Crippen MR) is 95.7 cm³/mol. The topological polar surface area (TPSA) is 121 Å². The first-order valence-corrected chi connectivity index (χ1v) is 8.14. The second kappa shape index (κ2) is 8.35. The van der Waals surface area contributed by atoms with Crippen LogP contribution in [0.3, 0.4) is 0 Å². The monoisotopic (exact) mass is 376 g/mol. The van der Waals surface area contributed by atoms with E-state index in [9.17, 15) is 19.7 Å². The van der Waals surface area contributed by atoms with Crippen molar-refractivity contribution >= 4 is 17.4 Å². The van der Waals surface area contributed by atoms with Crippen LogP contribution in [0.5, 0.6) is 11.5 Å². The number of hydrogen-bond donors (Lipinski definition) is 1. The molecule has 144 valence electrons. The Morgan fingerprint density at radius 1 is 1.19 bits per heavy atom. The molecule has 2 aromatic rings. The highest BCUT2D eigenvalue weighted by Crippen LogP contribution is 2.31. The molecule has 2 rings (SSSR count). The lowest BCUT2D eigenvalue weighted by Crippen LogP contribution is -2.17. The van der Waals surface area contributed by atoms with Crippen molar-refractivity contribution in [2.45, 2.75) is 20.8 Å². The number of Topliss-reactive ketones (excluding diaryl/α,β-unsaturated/α-hetero) is 1. The highest BCUT2D eigenvalue weighted by Gasteiger charge is 2.26. The maximum atomic E-state index is 12.6. The molecule has 0 unspecified atom stereocenters. The fourth-order valence-electron chi connectivity index (χ4n) is 2.69. The molecule has 9 heteroatoms. The van der Waals surface area contributed by atoms with Gasteiger partial charge >= 0.3 is 11.7 Å². The maximum Gasteiger partial charge on any atom is 0.340 e. The number of aromatic amines is 1. The van der Waals surface area contributed by atoms with Crippen LogP contribution < -0.4 is 9.47 Å². The number of nitro benzene ring substituents is 1. The van der Waals surface area contributed by atoms with E-state index in [0.29, 0.717) is 17.1 Å². The number of H-pyrrole nitrogens is 1. The minimum atomic E-state index is -0.627. The molecule has 0 aliphatic carbocycles. The van der Waals surface area contributed by atoms with Gasteiger partial charge in [-0.3, -0.25) is 14.9 Å². The number of esters is 1. The van der Waals surface area contributed by atoms with Gasteiger partial charge in [0.15, 0.2) is 12.4 Å².